The van der Waals surface area contributed by atoms with Crippen LogP contribution in [0.5, 0.6) is 0 Å². The summed E-state index contributed by atoms with van der Waals surface area (Å²) < 4.78 is 0. The van der Waals surface area contributed by atoms with Crippen LogP contribution in [0.25, 0.3) is 10.9 Å². The van der Waals surface area contributed by atoms with Crippen molar-refractivity contribution in [3.63, 3.8) is 0 Å². The first-order valence-corrected chi connectivity index (χ1v) is 7.29. The lowest BCUT2D eigenvalue weighted by Crippen LogP contribution is -2.31. The molecule has 0 bridgehead atoms. The monoisotopic (exact) mass is 255 g/mol. The van der Waals surface area contributed by atoms with E-state index in [0.29, 0.717) is 0 Å². The van der Waals surface area contributed by atoms with E-state index in [1.54, 1.807) is 0 Å². The van der Waals surface area contributed by atoms with Crippen LogP contribution < -0.4 is 0 Å². The van der Waals surface area contributed by atoms with Crippen LogP contribution in [0.15, 0.2) is 36.5 Å². The molecule has 0 saturated heterocycles. The first-order chi connectivity index (χ1) is 9.23. The number of benzene rings is 1. The van der Waals surface area contributed by atoms with Gasteiger partial charge in [-0.15, -0.1) is 0 Å². The van der Waals surface area contributed by atoms with E-state index in [2.05, 4.69) is 24.0 Å². The maximum Gasteiger partial charge on any atom is 0.0917 e. The molecular weight excluding hydrogens is 234 g/mol. The molecule has 1 N–H and O–H groups in total. The number of aliphatic hydroxyl groups is 1. The number of fused-ring (bicyclic) bond motifs is 1. The third-order valence-corrected chi connectivity index (χ3v) is 4.64. The van der Waals surface area contributed by atoms with E-state index < -0.39 is 5.60 Å². The van der Waals surface area contributed by atoms with E-state index in [-0.39, 0.29) is 0 Å². The lowest BCUT2D eigenvalue weighted by atomic mass is 9.74. The van der Waals surface area contributed by atoms with E-state index in [0.717, 1.165) is 48.1 Å². The predicted octanol–water partition coefficient (Wildman–Crippen LogP) is 4.02. The van der Waals surface area contributed by atoms with Gasteiger partial charge in [-0.3, -0.25) is 4.98 Å². The SMILES string of the molecule is CCC1CCC(O)(c2cccc3cccnc23)CC1. The van der Waals surface area contributed by atoms with Crippen molar-refractivity contribution in [2.75, 3.05) is 0 Å². The number of aromatic nitrogens is 1. The Balaban J connectivity index is 2.00. The van der Waals surface area contributed by atoms with Gasteiger partial charge in [0.1, 0.15) is 0 Å². The molecule has 1 aromatic carbocycles. The Morgan fingerprint density at radius 3 is 2.68 bits per heavy atom. The molecular formula is C17H21NO. The molecule has 0 unspecified atom stereocenters. The molecule has 0 atom stereocenters. The zero-order valence-corrected chi connectivity index (χ0v) is 11.5. The van der Waals surface area contributed by atoms with Gasteiger partial charge in [-0.1, -0.05) is 37.6 Å². The third kappa shape index (κ3) is 2.25. The van der Waals surface area contributed by atoms with E-state index in [4.69, 9.17) is 0 Å². The van der Waals surface area contributed by atoms with Gasteiger partial charge in [-0.2, -0.15) is 0 Å². The average Bonchev–Trinajstić information content (AvgIpc) is 2.47. The molecule has 2 aromatic rings. The number of hydrogen-bond acceptors (Lipinski definition) is 2. The molecule has 100 valence electrons. The number of rotatable bonds is 2. The molecule has 19 heavy (non-hydrogen) atoms. The summed E-state index contributed by atoms with van der Waals surface area (Å²) in [4.78, 5) is 4.48. The van der Waals surface area contributed by atoms with Crippen LogP contribution in [0, 0.1) is 5.92 Å². The summed E-state index contributed by atoms with van der Waals surface area (Å²) >= 11 is 0. The number of nitrogens with zero attached hydrogens (tertiary/aromatic N) is 1. The largest absolute Gasteiger partial charge is 0.385 e. The minimum absolute atomic E-state index is 0.681. The fourth-order valence-electron chi connectivity index (χ4n) is 3.31. The molecule has 2 heteroatoms. The molecule has 0 aliphatic heterocycles. The Hall–Kier alpha value is -1.41. The van der Waals surface area contributed by atoms with Crippen molar-refractivity contribution in [1.29, 1.82) is 0 Å². The normalized spacial score (nSPS) is 27.6. The molecule has 1 fully saturated rings. The minimum Gasteiger partial charge on any atom is -0.385 e. The van der Waals surface area contributed by atoms with Gasteiger partial charge in [0.25, 0.3) is 0 Å². The fraction of sp³-hybridized carbons (Fsp3) is 0.471. The van der Waals surface area contributed by atoms with Gasteiger partial charge in [0, 0.05) is 17.1 Å². The van der Waals surface area contributed by atoms with Gasteiger partial charge >= 0.3 is 0 Å². The summed E-state index contributed by atoms with van der Waals surface area (Å²) in [6, 6.07) is 10.1. The summed E-state index contributed by atoms with van der Waals surface area (Å²) in [5.74, 6) is 0.781. The first-order valence-electron chi connectivity index (χ1n) is 7.29. The van der Waals surface area contributed by atoms with Crippen LogP contribution in [0.4, 0.5) is 0 Å². The highest BCUT2D eigenvalue weighted by Crippen LogP contribution is 2.42. The van der Waals surface area contributed by atoms with Gasteiger partial charge in [0.15, 0.2) is 0 Å². The summed E-state index contributed by atoms with van der Waals surface area (Å²) in [5, 5.41) is 12.1. The van der Waals surface area contributed by atoms with Crippen molar-refractivity contribution in [3.8, 4) is 0 Å². The Labute approximate surface area is 114 Å². The molecule has 0 radical (unpaired) electrons. The van der Waals surface area contributed by atoms with Crippen LogP contribution >= 0.6 is 0 Å². The Bertz CT molecular complexity index is 565. The Morgan fingerprint density at radius 1 is 1.21 bits per heavy atom. The van der Waals surface area contributed by atoms with E-state index in [1.165, 1.54) is 6.42 Å². The second-order valence-corrected chi connectivity index (χ2v) is 5.76. The maximum absolute atomic E-state index is 11.0. The van der Waals surface area contributed by atoms with Crippen molar-refractivity contribution < 1.29 is 5.11 Å². The van der Waals surface area contributed by atoms with Gasteiger partial charge in [0.2, 0.25) is 0 Å². The third-order valence-electron chi connectivity index (χ3n) is 4.64. The smallest absolute Gasteiger partial charge is 0.0917 e. The molecule has 0 amide bonds. The Morgan fingerprint density at radius 2 is 1.95 bits per heavy atom. The second-order valence-electron chi connectivity index (χ2n) is 5.76. The first kappa shape index (κ1) is 12.6. The van der Waals surface area contributed by atoms with Crippen molar-refractivity contribution in [1.82, 2.24) is 4.98 Å². The number of pyridine rings is 1. The fourth-order valence-corrected chi connectivity index (χ4v) is 3.31. The van der Waals surface area contributed by atoms with E-state index in [9.17, 15) is 5.11 Å². The molecule has 1 saturated carbocycles. The number of hydrogen-bond donors (Lipinski definition) is 1. The van der Waals surface area contributed by atoms with Crippen molar-refractivity contribution in [2.24, 2.45) is 5.92 Å². The van der Waals surface area contributed by atoms with Crippen LogP contribution in [0.2, 0.25) is 0 Å². The van der Waals surface area contributed by atoms with Crippen molar-refractivity contribution in [3.05, 3.63) is 42.1 Å². The highest BCUT2D eigenvalue weighted by atomic mass is 16.3. The molecule has 2 nitrogen and oxygen atoms in total. The average molecular weight is 255 g/mol. The van der Waals surface area contributed by atoms with Crippen LogP contribution in [-0.4, -0.2) is 10.1 Å². The highest BCUT2D eigenvalue weighted by molar-refractivity contribution is 5.82. The molecule has 0 spiro atoms. The summed E-state index contributed by atoms with van der Waals surface area (Å²) in [6.45, 7) is 2.24. The lowest BCUT2D eigenvalue weighted by molar-refractivity contribution is -0.0134. The lowest BCUT2D eigenvalue weighted by Gasteiger charge is -2.36. The quantitative estimate of drug-likeness (QED) is 0.879. The van der Waals surface area contributed by atoms with Crippen molar-refractivity contribution >= 4 is 10.9 Å². The molecule has 1 heterocycles. The van der Waals surface area contributed by atoms with Crippen molar-refractivity contribution in [2.45, 2.75) is 44.6 Å². The van der Waals surface area contributed by atoms with Crippen LogP contribution in [0.1, 0.15) is 44.6 Å². The van der Waals surface area contributed by atoms with E-state index in [1.807, 2.05) is 24.4 Å². The highest BCUT2D eigenvalue weighted by Gasteiger charge is 2.35. The standard InChI is InChI=1S/C17H21NO/c1-2-13-8-10-17(19,11-9-13)15-7-3-5-14-6-4-12-18-16(14)15/h3-7,12-13,19H,2,8-11H2,1H3. The zero-order chi connectivity index (χ0) is 13.3. The topological polar surface area (TPSA) is 33.1 Å². The van der Waals surface area contributed by atoms with Crippen LogP contribution in [-0.2, 0) is 5.60 Å². The van der Waals surface area contributed by atoms with E-state index >= 15 is 0 Å². The minimum atomic E-state index is -0.681. The Kier molecular flexibility index (Phi) is 3.28. The van der Waals surface area contributed by atoms with Gasteiger partial charge in [-0.25, -0.2) is 0 Å². The summed E-state index contributed by atoms with van der Waals surface area (Å²) in [7, 11) is 0. The summed E-state index contributed by atoms with van der Waals surface area (Å²) in [6.07, 6.45) is 7.01. The molecule has 1 aliphatic rings. The van der Waals surface area contributed by atoms with Gasteiger partial charge in [-0.05, 0) is 37.7 Å². The summed E-state index contributed by atoms with van der Waals surface area (Å²) in [5.41, 5.74) is 1.29. The van der Waals surface area contributed by atoms with Gasteiger partial charge < -0.3 is 5.11 Å². The number of para-hydroxylation sites is 1. The maximum atomic E-state index is 11.0. The zero-order valence-electron chi connectivity index (χ0n) is 11.5. The second kappa shape index (κ2) is 4.93. The van der Waals surface area contributed by atoms with Crippen LogP contribution in [0.3, 0.4) is 0 Å². The molecule has 1 aromatic heterocycles. The predicted molar refractivity (Wildman–Crippen MR) is 77.9 cm³/mol. The molecule has 1 aliphatic carbocycles. The molecule has 3 rings (SSSR count). The van der Waals surface area contributed by atoms with Gasteiger partial charge in [0.05, 0.1) is 11.1 Å².